The van der Waals surface area contributed by atoms with Crippen molar-refractivity contribution in [3.8, 4) is 0 Å². The van der Waals surface area contributed by atoms with Gasteiger partial charge in [-0.15, -0.1) is 0 Å². The van der Waals surface area contributed by atoms with Crippen LogP contribution in [0.3, 0.4) is 0 Å². The Morgan fingerprint density at radius 1 is 1.30 bits per heavy atom. The zero-order valence-corrected chi connectivity index (χ0v) is 15.5. The molecule has 0 unspecified atom stereocenters. The lowest BCUT2D eigenvalue weighted by atomic mass is 9.86. The lowest BCUT2D eigenvalue weighted by Gasteiger charge is -2.29. The van der Waals surface area contributed by atoms with Crippen LogP contribution in [0, 0.1) is 16.0 Å². The lowest BCUT2D eigenvalue weighted by molar-refractivity contribution is -0.384. The van der Waals surface area contributed by atoms with Gasteiger partial charge in [0, 0.05) is 18.2 Å². The summed E-state index contributed by atoms with van der Waals surface area (Å²) in [5, 5.41) is 15.3. The number of urea groups is 1. The largest absolute Gasteiger partial charge is 0.452 e. The van der Waals surface area contributed by atoms with Crippen LogP contribution < -0.4 is 10.6 Å². The Balaban J connectivity index is 1.81. The van der Waals surface area contributed by atoms with E-state index in [1.54, 1.807) is 0 Å². The van der Waals surface area contributed by atoms with Crippen LogP contribution in [0.25, 0.3) is 0 Å². The Morgan fingerprint density at radius 2 is 2.00 bits per heavy atom. The molecule has 0 aliphatic heterocycles. The molecule has 0 heterocycles. The summed E-state index contributed by atoms with van der Waals surface area (Å²) >= 11 is 5.82. The molecule has 1 aromatic rings. The van der Waals surface area contributed by atoms with Gasteiger partial charge in [-0.05, 0) is 24.8 Å². The number of carbonyl (C=O) groups is 3. The van der Waals surface area contributed by atoms with Gasteiger partial charge >= 0.3 is 12.0 Å². The van der Waals surface area contributed by atoms with Crippen LogP contribution >= 0.6 is 11.6 Å². The third kappa shape index (κ3) is 5.92. The van der Waals surface area contributed by atoms with Gasteiger partial charge in [-0.2, -0.15) is 0 Å². The summed E-state index contributed by atoms with van der Waals surface area (Å²) in [6.45, 7) is 1.36. The van der Waals surface area contributed by atoms with Gasteiger partial charge in [0.05, 0.1) is 15.5 Å². The van der Waals surface area contributed by atoms with Gasteiger partial charge < -0.3 is 10.1 Å². The number of rotatable bonds is 5. The average Bonchev–Trinajstić information content (AvgIpc) is 2.61. The van der Waals surface area contributed by atoms with Gasteiger partial charge in [-0.25, -0.2) is 9.59 Å². The molecule has 27 heavy (non-hydrogen) atoms. The molecule has 1 fully saturated rings. The molecule has 146 valence electrons. The molecule has 2 rings (SSSR count). The first-order valence-corrected chi connectivity index (χ1v) is 8.87. The first kappa shape index (κ1) is 20.6. The first-order chi connectivity index (χ1) is 12.8. The molecule has 9 nitrogen and oxygen atoms in total. The Morgan fingerprint density at radius 3 is 2.63 bits per heavy atom. The quantitative estimate of drug-likeness (QED) is 0.446. The molecule has 0 bridgehead atoms. The second-order valence-electron chi connectivity index (χ2n) is 6.39. The van der Waals surface area contributed by atoms with Crippen LogP contribution in [0.1, 0.15) is 43.0 Å². The number of hydrogen-bond donors (Lipinski definition) is 2. The number of benzene rings is 1. The predicted octanol–water partition coefficient (Wildman–Crippen LogP) is 2.81. The molecule has 10 heteroatoms. The van der Waals surface area contributed by atoms with Crippen molar-refractivity contribution in [2.45, 2.75) is 38.6 Å². The number of non-ortho nitro benzene ring substituents is 1. The molecule has 0 radical (unpaired) electrons. The minimum Gasteiger partial charge on any atom is -0.452 e. The Kier molecular flexibility index (Phi) is 7.12. The third-order valence-electron chi connectivity index (χ3n) is 4.40. The summed E-state index contributed by atoms with van der Waals surface area (Å²) in [5.41, 5.74) is -0.390. The summed E-state index contributed by atoms with van der Waals surface area (Å²) in [7, 11) is 0. The third-order valence-corrected chi connectivity index (χ3v) is 4.71. The summed E-state index contributed by atoms with van der Waals surface area (Å²) < 4.78 is 4.80. The summed E-state index contributed by atoms with van der Waals surface area (Å²) in [4.78, 5) is 45.6. The fourth-order valence-corrected chi connectivity index (χ4v) is 3.14. The highest BCUT2D eigenvalue weighted by molar-refractivity contribution is 6.33. The molecule has 2 N–H and O–H groups in total. The average molecular weight is 398 g/mol. The molecule has 1 aromatic carbocycles. The second kappa shape index (κ2) is 9.31. The van der Waals surface area contributed by atoms with Crippen molar-refractivity contribution >= 4 is 35.2 Å². The van der Waals surface area contributed by atoms with E-state index in [1.807, 2.05) is 6.92 Å². The number of hydrogen-bond acceptors (Lipinski definition) is 6. The van der Waals surface area contributed by atoms with E-state index >= 15 is 0 Å². The maximum absolute atomic E-state index is 11.9. The maximum Gasteiger partial charge on any atom is 0.340 e. The Labute approximate surface area is 160 Å². The lowest BCUT2D eigenvalue weighted by Crippen LogP contribution is -2.48. The highest BCUT2D eigenvalue weighted by atomic mass is 35.5. The van der Waals surface area contributed by atoms with Crippen LogP contribution in [0.15, 0.2) is 18.2 Å². The van der Waals surface area contributed by atoms with Crippen molar-refractivity contribution in [1.29, 1.82) is 0 Å². The van der Waals surface area contributed by atoms with E-state index in [4.69, 9.17) is 16.3 Å². The van der Waals surface area contributed by atoms with Gasteiger partial charge in [0.2, 0.25) is 0 Å². The van der Waals surface area contributed by atoms with E-state index in [0.29, 0.717) is 5.92 Å². The van der Waals surface area contributed by atoms with Crippen LogP contribution in [0.2, 0.25) is 5.02 Å². The van der Waals surface area contributed by atoms with Gasteiger partial charge in [0.15, 0.2) is 6.61 Å². The van der Waals surface area contributed by atoms with E-state index in [0.717, 1.165) is 43.9 Å². The van der Waals surface area contributed by atoms with E-state index in [-0.39, 0.29) is 22.3 Å². The summed E-state index contributed by atoms with van der Waals surface area (Å²) in [5.74, 6) is -1.38. The fraction of sp³-hybridized carbons (Fsp3) is 0.471. The topological polar surface area (TPSA) is 128 Å². The molecule has 0 saturated heterocycles. The minimum atomic E-state index is -0.925. The highest BCUT2D eigenvalue weighted by Gasteiger charge is 2.24. The Bertz CT molecular complexity index is 754. The molecule has 0 spiro atoms. The molecule has 1 aliphatic carbocycles. The number of imide groups is 1. The van der Waals surface area contributed by atoms with E-state index in [9.17, 15) is 24.5 Å². The summed E-state index contributed by atoms with van der Waals surface area (Å²) in [6, 6.07) is 2.62. The molecule has 3 amide bonds. The van der Waals surface area contributed by atoms with Crippen molar-refractivity contribution in [2.24, 2.45) is 5.92 Å². The van der Waals surface area contributed by atoms with Crippen molar-refractivity contribution < 1.29 is 24.0 Å². The van der Waals surface area contributed by atoms with Gasteiger partial charge in [-0.1, -0.05) is 31.4 Å². The number of ether oxygens (including phenoxy) is 1. The van der Waals surface area contributed by atoms with E-state index in [2.05, 4.69) is 10.6 Å². The molecular weight excluding hydrogens is 378 g/mol. The maximum atomic E-state index is 11.9. The van der Waals surface area contributed by atoms with Crippen LogP contribution in [-0.2, 0) is 9.53 Å². The number of halogens is 1. The van der Waals surface area contributed by atoms with Crippen LogP contribution in [0.5, 0.6) is 0 Å². The molecule has 1 saturated carbocycles. The highest BCUT2D eigenvalue weighted by Crippen LogP contribution is 2.24. The SMILES string of the molecule is C[C@H]1CCCC[C@H]1NC(=O)NC(=O)COC(=O)c1ccc([N+](=O)[O-])cc1Cl. The molecule has 1 aliphatic rings. The zero-order chi connectivity index (χ0) is 20.0. The zero-order valence-electron chi connectivity index (χ0n) is 14.7. The number of nitrogens with one attached hydrogen (secondary N) is 2. The van der Waals surface area contributed by atoms with Gasteiger partial charge in [-0.3, -0.25) is 20.2 Å². The molecule has 2 atom stereocenters. The van der Waals surface area contributed by atoms with E-state index < -0.39 is 29.4 Å². The number of esters is 1. The van der Waals surface area contributed by atoms with Gasteiger partial charge in [0.25, 0.3) is 11.6 Å². The van der Waals surface area contributed by atoms with E-state index in [1.165, 1.54) is 0 Å². The first-order valence-electron chi connectivity index (χ1n) is 8.49. The van der Waals surface area contributed by atoms with Crippen molar-refractivity contribution in [2.75, 3.05) is 6.61 Å². The van der Waals surface area contributed by atoms with Crippen molar-refractivity contribution in [3.63, 3.8) is 0 Å². The molecule has 0 aromatic heterocycles. The summed E-state index contributed by atoms with van der Waals surface area (Å²) in [6.07, 6.45) is 4.03. The Hall–Kier alpha value is -2.68. The van der Waals surface area contributed by atoms with Crippen molar-refractivity contribution in [1.82, 2.24) is 10.6 Å². The minimum absolute atomic E-state index is 0.00742. The fourth-order valence-electron chi connectivity index (χ4n) is 2.89. The smallest absolute Gasteiger partial charge is 0.340 e. The number of nitro groups is 1. The predicted molar refractivity (Wildman–Crippen MR) is 96.5 cm³/mol. The second-order valence-corrected chi connectivity index (χ2v) is 6.79. The van der Waals surface area contributed by atoms with Crippen molar-refractivity contribution in [3.05, 3.63) is 38.9 Å². The van der Waals surface area contributed by atoms with Gasteiger partial charge in [0.1, 0.15) is 0 Å². The normalized spacial score (nSPS) is 19.0. The number of nitro benzene ring substituents is 1. The number of carbonyl (C=O) groups excluding carboxylic acids is 3. The standard InChI is InChI=1S/C17H20ClN3O6/c1-10-4-2-3-5-14(10)19-17(24)20-15(22)9-27-16(23)12-7-6-11(21(25)26)8-13(12)18/h6-8,10,14H,2-5,9H2,1H3,(H2,19,20,22,24)/t10-,14+/m0/s1. The number of nitrogens with zero attached hydrogens (tertiary/aromatic N) is 1. The van der Waals surface area contributed by atoms with Crippen LogP contribution in [0.4, 0.5) is 10.5 Å². The monoisotopic (exact) mass is 397 g/mol. The van der Waals surface area contributed by atoms with Crippen LogP contribution in [-0.4, -0.2) is 35.5 Å². The molecular formula is C17H20ClN3O6. The number of amides is 3.